The van der Waals surface area contributed by atoms with Crippen LogP contribution in [0.3, 0.4) is 0 Å². The molecule has 5 fully saturated rings. The number of sulfonamides is 1. The van der Waals surface area contributed by atoms with Gasteiger partial charge in [-0.1, -0.05) is 17.7 Å². The zero-order valence-electron chi connectivity index (χ0n) is 20.2. The molecule has 7 nitrogen and oxygen atoms in total. The third-order valence-corrected chi connectivity index (χ3v) is 10.5. The van der Waals surface area contributed by atoms with Gasteiger partial charge >= 0.3 is 0 Å². The lowest BCUT2D eigenvalue weighted by Gasteiger charge is -2.55. The molecule has 6 rings (SSSR count). The summed E-state index contributed by atoms with van der Waals surface area (Å²) in [5.74, 6) is 2.48. The van der Waals surface area contributed by atoms with Crippen LogP contribution in [0.5, 0.6) is 0 Å². The van der Waals surface area contributed by atoms with Crippen molar-refractivity contribution in [2.24, 2.45) is 23.2 Å². The Hall–Kier alpha value is -1.93. The Kier molecular flexibility index (Phi) is 6.48. The minimum absolute atomic E-state index is 0.0384. The molecule has 0 unspecified atom stereocenters. The van der Waals surface area contributed by atoms with E-state index < -0.39 is 10.0 Å². The second-order valence-corrected chi connectivity index (χ2v) is 13.1. The molecule has 4 bridgehead atoms. The van der Waals surface area contributed by atoms with Gasteiger partial charge in [0.15, 0.2) is 0 Å². The summed E-state index contributed by atoms with van der Waals surface area (Å²) in [7, 11) is -3.53. The molecule has 1 saturated heterocycles. The molecule has 2 amide bonds. The van der Waals surface area contributed by atoms with E-state index >= 15 is 0 Å². The molecular formula is C26H37N3O4S. The van der Waals surface area contributed by atoms with Crippen LogP contribution in [-0.2, 0) is 19.6 Å². The summed E-state index contributed by atoms with van der Waals surface area (Å²) in [6.45, 7) is 3.89. The standard InChI is InChI=1S/C26H37N3O4S/c1-19-4-6-23(7-5-19)34(32,33)29-11-9-28(10-12-29)24(30)3-2-8-27-25(31)26-16-20-13-21(17-26)15-22(14-20)18-26/h4-7,20-22H,2-3,8-18H2,1H3,(H,27,31). The zero-order chi connectivity index (χ0) is 23.9. The fraction of sp³-hybridized carbons (Fsp3) is 0.692. The van der Waals surface area contributed by atoms with Crippen molar-refractivity contribution in [3.8, 4) is 0 Å². The van der Waals surface area contributed by atoms with Crippen LogP contribution in [0.2, 0.25) is 0 Å². The fourth-order valence-electron chi connectivity index (χ4n) is 7.21. The summed E-state index contributed by atoms with van der Waals surface area (Å²) in [5.41, 5.74) is 0.876. The Morgan fingerprint density at radius 1 is 0.941 bits per heavy atom. The van der Waals surface area contributed by atoms with Crippen LogP contribution in [0.15, 0.2) is 29.2 Å². The van der Waals surface area contributed by atoms with Crippen molar-refractivity contribution < 1.29 is 18.0 Å². The number of hydrogen-bond donors (Lipinski definition) is 1. The number of piperazine rings is 1. The normalized spacial score (nSPS) is 31.0. The number of carbonyl (C=O) groups is 2. The van der Waals surface area contributed by atoms with Gasteiger partial charge < -0.3 is 10.2 Å². The van der Waals surface area contributed by atoms with Gasteiger partial charge in [0.2, 0.25) is 21.8 Å². The van der Waals surface area contributed by atoms with Crippen molar-refractivity contribution in [1.82, 2.24) is 14.5 Å². The molecule has 1 heterocycles. The molecule has 0 aromatic heterocycles. The molecule has 34 heavy (non-hydrogen) atoms. The topological polar surface area (TPSA) is 86.8 Å². The first-order chi connectivity index (χ1) is 16.2. The lowest BCUT2D eigenvalue weighted by Crippen LogP contribution is -2.53. The minimum Gasteiger partial charge on any atom is -0.356 e. The van der Waals surface area contributed by atoms with Crippen molar-refractivity contribution in [3.63, 3.8) is 0 Å². The van der Waals surface area contributed by atoms with E-state index in [1.807, 2.05) is 6.92 Å². The zero-order valence-corrected chi connectivity index (χ0v) is 21.0. The second kappa shape index (κ2) is 9.26. The van der Waals surface area contributed by atoms with Gasteiger partial charge in [-0.05, 0) is 81.8 Å². The number of amides is 2. The number of benzene rings is 1. The molecule has 5 aliphatic rings. The van der Waals surface area contributed by atoms with E-state index in [9.17, 15) is 18.0 Å². The average molecular weight is 488 g/mol. The van der Waals surface area contributed by atoms with E-state index in [1.165, 1.54) is 23.6 Å². The third-order valence-electron chi connectivity index (χ3n) is 8.62. The number of hydrogen-bond acceptors (Lipinski definition) is 4. The van der Waals surface area contributed by atoms with Crippen molar-refractivity contribution in [2.75, 3.05) is 32.7 Å². The van der Waals surface area contributed by atoms with Crippen LogP contribution >= 0.6 is 0 Å². The highest BCUT2D eigenvalue weighted by molar-refractivity contribution is 7.89. The van der Waals surface area contributed by atoms with E-state index in [4.69, 9.17) is 0 Å². The highest BCUT2D eigenvalue weighted by Crippen LogP contribution is 2.60. The Labute approximate surface area is 203 Å². The third kappa shape index (κ3) is 4.63. The monoisotopic (exact) mass is 487 g/mol. The van der Waals surface area contributed by atoms with Crippen molar-refractivity contribution >= 4 is 21.8 Å². The van der Waals surface area contributed by atoms with E-state index in [2.05, 4.69) is 5.32 Å². The van der Waals surface area contributed by atoms with E-state index in [-0.39, 0.29) is 17.2 Å². The molecule has 186 valence electrons. The van der Waals surface area contributed by atoms with Gasteiger partial charge in [0, 0.05) is 44.6 Å². The number of nitrogens with zero attached hydrogens (tertiary/aromatic N) is 2. The smallest absolute Gasteiger partial charge is 0.243 e. The number of aryl methyl sites for hydroxylation is 1. The molecule has 0 atom stereocenters. The summed E-state index contributed by atoms with van der Waals surface area (Å²) in [5, 5.41) is 3.15. The van der Waals surface area contributed by atoms with Crippen LogP contribution in [-0.4, -0.2) is 62.2 Å². The maximum absolute atomic E-state index is 13.0. The molecule has 4 saturated carbocycles. The predicted octanol–water partition coefficient (Wildman–Crippen LogP) is 2.94. The lowest BCUT2D eigenvalue weighted by molar-refractivity contribution is -0.146. The quantitative estimate of drug-likeness (QED) is 0.599. The van der Waals surface area contributed by atoms with Crippen LogP contribution in [0.1, 0.15) is 56.9 Å². The van der Waals surface area contributed by atoms with Crippen LogP contribution in [0.25, 0.3) is 0 Å². The largest absolute Gasteiger partial charge is 0.356 e. The molecule has 1 aromatic carbocycles. The fourth-order valence-corrected chi connectivity index (χ4v) is 8.64. The molecule has 8 heteroatoms. The predicted molar refractivity (Wildman–Crippen MR) is 129 cm³/mol. The first-order valence-corrected chi connectivity index (χ1v) is 14.3. The minimum atomic E-state index is -3.53. The van der Waals surface area contributed by atoms with Gasteiger partial charge in [0.1, 0.15) is 0 Å². The Balaban J connectivity index is 1.05. The van der Waals surface area contributed by atoms with Gasteiger partial charge in [-0.2, -0.15) is 4.31 Å². The Bertz CT molecular complexity index is 993. The summed E-state index contributed by atoms with van der Waals surface area (Å²) in [4.78, 5) is 27.8. The van der Waals surface area contributed by atoms with Gasteiger partial charge in [-0.15, -0.1) is 0 Å². The van der Waals surface area contributed by atoms with E-state index in [0.29, 0.717) is 50.5 Å². The molecular weight excluding hydrogens is 450 g/mol. The molecule has 1 aromatic rings. The first kappa shape index (κ1) is 23.8. The summed E-state index contributed by atoms with van der Waals surface area (Å²) in [6, 6.07) is 6.88. The van der Waals surface area contributed by atoms with Crippen molar-refractivity contribution in [3.05, 3.63) is 29.8 Å². The van der Waals surface area contributed by atoms with Crippen LogP contribution < -0.4 is 5.32 Å². The Morgan fingerprint density at radius 3 is 2.06 bits per heavy atom. The number of carbonyl (C=O) groups excluding carboxylic acids is 2. The van der Waals surface area contributed by atoms with Gasteiger partial charge in [0.05, 0.1) is 4.90 Å². The maximum atomic E-state index is 13.0. The van der Waals surface area contributed by atoms with Crippen molar-refractivity contribution in [1.29, 1.82) is 0 Å². The van der Waals surface area contributed by atoms with Crippen LogP contribution in [0, 0.1) is 30.1 Å². The summed E-state index contributed by atoms with van der Waals surface area (Å²) >= 11 is 0. The second-order valence-electron chi connectivity index (χ2n) is 11.2. The number of rotatable bonds is 7. The summed E-state index contributed by atoms with van der Waals surface area (Å²) in [6.07, 6.45) is 8.13. The highest BCUT2D eigenvalue weighted by atomic mass is 32.2. The van der Waals surface area contributed by atoms with E-state index in [1.54, 1.807) is 29.2 Å². The Morgan fingerprint density at radius 2 is 1.50 bits per heavy atom. The van der Waals surface area contributed by atoms with Crippen LogP contribution in [0.4, 0.5) is 0 Å². The molecule has 0 spiro atoms. The van der Waals surface area contributed by atoms with Gasteiger partial charge in [-0.3, -0.25) is 9.59 Å². The van der Waals surface area contributed by atoms with Gasteiger partial charge in [-0.25, -0.2) is 8.42 Å². The molecule has 1 aliphatic heterocycles. The average Bonchev–Trinajstić information content (AvgIpc) is 2.81. The molecule has 4 aliphatic carbocycles. The van der Waals surface area contributed by atoms with Crippen molar-refractivity contribution in [2.45, 2.75) is 63.2 Å². The molecule has 1 N–H and O–H groups in total. The highest BCUT2D eigenvalue weighted by Gasteiger charge is 2.54. The first-order valence-electron chi connectivity index (χ1n) is 12.9. The van der Waals surface area contributed by atoms with E-state index in [0.717, 1.165) is 42.6 Å². The van der Waals surface area contributed by atoms with Gasteiger partial charge in [0.25, 0.3) is 0 Å². The summed E-state index contributed by atoms with van der Waals surface area (Å²) < 4.78 is 27.2. The molecule has 0 radical (unpaired) electrons. The lowest BCUT2D eigenvalue weighted by atomic mass is 9.49. The maximum Gasteiger partial charge on any atom is 0.243 e. The SMILES string of the molecule is Cc1ccc(S(=O)(=O)N2CCN(C(=O)CCCNC(=O)C34CC5CC(CC(C5)C3)C4)CC2)cc1. The number of nitrogens with one attached hydrogen (secondary N) is 1.